The van der Waals surface area contributed by atoms with E-state index < -0.39 is 0 Å². The van der Waals surface area contributed by atoms with E-state index in [0.717, 1.165) is 39.3 Å². The van der Waals surface area contributed by atoms with Crippen LogP contribution in [0.15, 0.2) is 0 Å². The summed E-state index contributed by atoms with van der Waals surface area (Å²) >= 11 is 0. The van der Waals surface area contributed by atoms with Crippen LogP contribution in [0.3, 0.4) is 0 Å². The normalized spacial score (nSPS) is 13.1. The van der Waals surface area contributed by atoms with Crippen LogP contribution >= 0.6 is 0 Å². The van der Waals surface area contributed by atoms with Crippen LogP contribution in [0, 0.1) is 0 Å². The number of nitrogens with zero attached hydrogens (tertiary/aromatic N) is 3. The Kier molecular flexibility index (Phi) is 10.8. The van der Waals surface area contributed by atoms with Crippen molar-refractivity contribution >= 4 is 10.2 Å². The first kappa shape index (κ1) is 20.1. The van der Waals surface area contributed by atoms with Crippen LogP contribution in [0.25, 0.3) is 0 Å². The maximum atomic E-state index is 2.68. The molecule has 0 saturated heterocycles. The lowest BCUT2D eigenvalue weighted by Gasteiger charge is -2.56. The van der Waals surface area contributed by atoms with Gasteiger partial charge in [-0.1, -0.05) is 54.0 Å². The van der Waals surface area contributed by atoms with Crippen LogP contribution in [-0.4, -0.2) is 70.0 Å². The zero-order valence-electron chi connectivity index (χ0n) is 15.2. The quantitative estimate of drug-likeness (QED) is 0.404. The molecule has 0 atom stereocenters. The monoisotopic (exact) mass is 301 g/mol. The predicted octanol–water partition coefficient (Wildman–Crippen LogP) is 2.23. The van der Waals surface area contributed by atoms with E-state index in [0.29, 0.717) is 0 Å². The molecule has 0 aliphatic rings. The van der Waals surface area contributed by atoms with E-state index in [2.05, 4.69) is 56.2 Å². The summed E-state index contributed by atoms with van der Waals surface area (Å²) in [6, 6.07) is 1.41. The summed E-state index contributed by atoms with van der Waals surface area (Å²) in [6.45, 7) is 20.6. The maximum absolute atomic E-state index is 2.68. The van der Waals surface area contributed by atoms with Gasteiger partial charge in [-0.05, 0) is 45.7 Å². The Morgan fingerprint density at radius 3 is 1.15 bits per heavy atom. The van der Waals surface area contributed by atoms with E-state index in [-0.39, 0.29) is 5.79 Å². The average molecular weight is 302 g/mol. The molecule has 0 aromatic heterocycles. The zero-order valence-corrected chi connectivity index (χ0v) is 17.2. The molecule has 0 heterocycles. The summed E-state index contributed by atoms with van der Waals surface area (Å²) < 4.78 is 0. The van der Waals surface area contributed by atoms with Crippen molar-refractivity contribution in [1.82, 2.24) is 14.7 Å². The van der Waals surface area contributed by atoms with Crippen LogP contribution in [0.5, 0.6) is 0 Å². The lowest BCUT2D eigenvalue weighted by atomic mass is 10.1. The van der Waals surface area contributed by atoms with Gasteiger partial charge in [-0.25, -0.2) is 0 Å². The van der Waals surface area contributed by atoms with Crippen LogP contribution < -0.4 is 0 Å². The molecular formula is C16H39N3Si. The van der Waals surface area contributed by atoms with Crippen molar-refractivity contribution in [3.63, 3.8) is 0 Å². The van der Waals surface area contributed by atoms with Crippen molar-refractivity contribution < 1.29 is 0 Å². The first-order valence-electron chi connectivity index (χ1n) is 8.87. The topological polar surface area (TPSA) is 9.72 Å². The average Bonchev–Trinajstić information content (AvgIpc) is 2.48. The largest absolute Gasteiger partial charge is 0.273 e. The molecule has 0 radical (unpaired) electrons. The third-order valence-electron chi connectivity index (χ3n) is 4.68. The van der Waals surface area contributed by atoms with Gasteiger partial charge >= 0.3 is 0 Å². The van der Waals surface area contributed by atoms with Crippen LogP contribution in [0.4, 0.5) is 0 Å². The van der Waals surface area contributed by atoms with E-state index in [1.54, 1.807) is 0 Å². The summed E-state index contributed by atoms with van der Waals surface area (Å²) in [5.41, 5.74) is 0. The van der Waals surface area contributed by atoms with E-state index in [4.69, 9.17) is 0 Å². The molecule has 0 aromatic carbocycles. The molecule has 0 fully saturated rings. The smallest absolute Gasteiger partial charge is 0.131 e. The highest BCUT2D eigenvalue weighted by atomic mass is 28.1. The highest BCUT2D eigenvalue weighted by molar-refractivity contribution is 6.08. The third-order valence-corrected chi connectivity index (χ3v) is 5.38. The number of hydrogen-bond donors (Lipinski definition) is 0. The van der Waals surface area contributed by atoms with Gasteiger partial charge in [0.05, 0.1) is 0 Å². The van der Waals surface area contributed by atoms with Gasteiger partial charge in [-0.15, -0.1) is 0 Å². The molecule has 20 heavy (non-hydrogen) atoms. The van der Waals surface area contributed by atoms with Crippen LogP contribution in [0.2, 0.25) is 6.04 Å². The fourth-order valence-corrected chi connectivity index (χ4v) is 4.03. The predicted molar refractivity (Wildman–Crippen MR) is 95.5 cm³/mol. The van der Waals surface area contributed by atoms with E-state index in [1.807, 2.05) is 0 Å². The van der Waals surface area contributed by atoms with Crippen molar-refractivity contribution in [3.8, 4) is 0 Å². The van der Waals surface area contributed by atoms with Crippen molar-refractivity contribution in [2.45, 2.75) is 66.2 Å². The van der Waals surface area contributed by atoms with E-state index in [1.165, 1.54) is 29.1 Å². The van der Waals surface area contributed by atoms with Crippen molar-refractivity contribution in [2.75, 3.05) is 39.3 Å². The molecule has 0 spiro atoms. The van der Waals surface area contributed by atoms with Gasteiger partial charge in [0.1, 0.15) is 5.79 Å². The Hall–Kier alpha value is 0.0969. The summed E-state index contributed by atoms with van der Waals surface area (Å²) in [5, 5.41) is 0. The minimum Gasteiger partial charge on any atom is -0.273 e. The highest BCUT2D eigenvalue weighted by Crippen LogP contribution is 2.31. The van der Waals surface area contributed by atoms with E-state index >= 15 is 0 Å². The molecule has 0 saturated carbocycles. The second kappa shape index (κ2) is 10.8. The van der Waals surface area contributed by atoms with Crippen molar-refractivity contribution in [1.29, 1.82) is 0 Å². The fourth-order valence-electron chi connectivity index (χ4n) is 3.68. The first-order valence-corrected chi connectivity index (χ1v) is 10.3. The van der Waals surface area contributed by atoms with Crippen LogP contribution in [-0.2, 0) is 0 Å². The summed E-state index contributed by atoms with van der Waals surface area (Å²) in [4.78, 5) is 8.05. The Balaban J connectivity index is 5.70. The van der Waals surface area contributed by atoms with Crippen molar-refractivity contribution in [2.24, 2.45) is 0 Å². The van der Waals surface area contributed by atoms with Gasteiger partial charge in [0.2, 0.25) is 0 Å². The molecule has 4 heteroatoms. The lowest BCUT2D eigenvalue weighted by molar-refractivity contribution is -0.167. The van der Waals surface area contributed by atoms with Gasteiger partial charge < -0.3 is 0 Å². The fraction of sp³-hybridized carbons (Fsp3) is 1.00. The molecule has 0 bridgehead atoms. The standard InChI is InChI=1S/C16H39N3Si/c1-7-17(8-2)16(14-13-15-20,18(9-3)10-4)19(11-5)12-6/h7-15H2,1-6,20H3. The van der Waals surface area contributed by atoms with Gasteiger partial charge in [0, 0.05) is 10.2 Å². The molecule has 0 aromatic rings. The number of hydrogen-bond acceptors (Lipinski definition) is 3. The van der Waals surface area contributed by atoms with Gasteiger partial charge in [-0.2, -0.15) is 0 Å². The molecule has 0 unspecified atom stereocenters. The Morgan fingerprint density at radius 1 is 0.650 bits per heavy atom. The van der Waals surface area contributed by atoms with E-state index in [9.17, 15) is 0 Å². The summed E-state index contributed by atoms with van der Waals surface area (Å²) in [7, 11) is 1.32. The molecular weight excluding hydrogens is 262 g/mol. The maximum Gasteiger partial charge on any atom is 0.131 e. The van der Waals surface area contributed by atoms with Gasteiger partial charge in [0.15, 0.2) is 0 Å². The minimum atomic E-state index is 0.126. The highest BCUT2D eigenvalue weighted by Gasteiger charge is 2.43. The SMILES string of the molecule is CCN(CC)C(CCC[SiH3])(N(CC)CC)N(CC)CC. The molecule has 0 N–H and O–H groups in total. The molecule has 3 nitrogen and oxygen atoms in total. The van der Waals surface area contributed by atoms with Gasteiger partial charge in [0.25, 0.3) is 0 Å². The minimum absolute atomic E-state index is 0.126. The summed E-state index contributed by atoms with van der Waals surface area (Å²) in [6.07, 6.45) is 2.64. The first-order chi connectivity index (χ1) is 9.62. The molecule has 0 amide bonds. The number of rotatable bonds is 12. The van der Waals surface area contributed by atoms with Crippen LogP contribution in [0.1, 0.15) is 54.4 Å². The van der Waals surface area contributed by atoms with Crippen molar-refractivity contribution in [3.05, 3.63) is 0 Å². The Morgan fingerprint density at radius 2 is 0.950 bits per heavy atom. The lowest BCUT2D eigenvalue weighted by Crippen LogP contribution is -2.69. The zero-order chi connectivity index (χ0) is 15.6. The molecule has 0 aliphatic carbocycles. The molecule has 0 rings (SSSR count). The van der Waals surface area contributed by atoms with Gasteiger partial charge in [-0.3, -0.25) is 14.7 Å². The Labute approximate surface area is 131 Å². The second-order valence-electron chi connectivity index (χ2n) is 5.39. The summed E-state index contributed by atoms with van der Waals surface area (Å²) in [5.74, 6) is 0.126. The third kappa shape index (κ3) is 4.29. The molecule has 0 aliphatic heterocycles. The Bertz CT molecular complexity index is 192. The second-order valence-corrected chi connectivity index (χ2v) is 6.39. The molecule has 122 valence electrons.